The molecule has 0 unspecified atom stereocenters. The highest BCUT2D eigenvalue weighted by atomic mass is 16.5. The number of hydrogen-bond donors (Lipinski definition) is 2. The van der Waals surface area contributed by atoms with E-state index in [0.717, 1.165) is 0 Å². The van der Waals surface area contributed by atoms with Crippen LogP contribution < -0.4 is 11.1 Å². The van der Waals surface area contributed by atoms with E-state index >= 15 is 0 Å². The minimum absolute atomic E-state index is 0.0512. The van der Waals surface area contributed by atoms with Crippen molar-refractivity contribution >= 4 is 23.8 Å². The maximum absolute atomic E-state index is 11.9. The maximum Gasteiger partial charge on any atom is 0.312 e. The molecule has 126 valence electrons. The van der Waals surface area contributed by atoms with Crippen LogP contribution in [0.15, 0.2) is 0 Å². The lowest BCUT2D eigenvalue weighted by Crippen LogP contribution is -2.53. The van der Waals surface area contributed by atoms with Crippen LogP contribution in [0.5, 0.6) is 0 Å². The first-order valence-corrected chi connectivity index (χ1v) is 6.77. The van der Waals surface area contributed by atoms with Crippen molar-refractivity contribution in [2.45, 2.75) is 26.3 Å². The highest BCUT2D eigenvalue weighted by Gasteiger charge is 2.37. The fourth-order valence-corrected chi connectivity index (χ4v) is 1.70. The number of esters is 2. The van der Waals surface area contributed by atoms with Crippen molar-refractivity contribution in [3.8, 4) is 0 Å². The van der Waals surface area contributed by atoms with Gasteiger partial charge in [0.15, 0.2) is 0 Å². The Morgan fingerprint density at radius 3 is 2.14 bits per heavy atom. The number of carbonyl (C=O) groups excluding carboxylic acids is 4. The van der Waals surface area contributed by atoms with Crippen LogP contribution in [0.2, 0.25) is 0 Å². The Hall–Kier alpha value is -2.16. The largest absolute Gasteiger partial charge is 0.466 e. The van der Waals surface area contributed by atoms with Crippen molar-refractivity contribution < 1.29 is 33.4 Å². The summed E-state index contributed by atoms with van der Waals surface area (Å²) in [5.74, 6) is -4.40. The molecule has 0 aliphatic carbocycles. The van der Waals surface area contributed by atoms with Crippen molar-refractivity contribution in [1.29, 1.82) is 0 Å². The standard InChI is InChI=1S/C13H22N2O7/c1-4-21-10(17)6-8(13(19)22-5-2)11(12(14)18)15-9(16)7-20-3/h8,11H,4-7H2,1-3H3,(H2,14,18)(H,15,16)/t8-,11-/m1/s1. The van der Waals surface area contributed by atoms with Gasteiger partial charge in [-0.3, -0.25) is 19.2 Å². The van der Waals surface area contributed by atoms with Gasteiger partial charge in [0.1, 0.15) is 12.6 Å². The third kappa shape index (κ3) is 7.02. The SMILES string of the molecule is CCOC(=O)C[C@@H](C(=O)OCC)[C@@H](NC(=O)COC)C(N)=O. The molecule has 9 nitrogen and oxygen atoms in total. The molecule has 2 atom stereocenters. The predicted octanol–water partition coefficient (Wildman–Crippen LogP) is -1.26. The molecule has 0 bridgehead atoms. The number of ether oxygens (including phenoxy) is 3. The van der Waals surface area contributed by atoms with Gasteiger partial charge in [-0.15, -0.1) is 0 Å². The topological polar surface area (TPSA) is 134 Å². The number of nitrogens with one attached hydrogen (secondary N) is 1. The molecule has 22 heavy (non-hydrogen) atoms. The average Bonchev–Trinajstić information content (AvgIpc) is 2.43. The predicted molar refractivity (Wildman–Crippen MR) is 74.4 cm³/mol. The van der Waals surface area contributed by atoms with Crippen molar-refractivity contribution in [3.63, 3.8) is 0 Å². The summed E-state index contributed by atoms with van der Waals surface area (Å²) in [6, 6.07) is -1.40. The molecule has 0 aromatic rings. The fraction of sp³-hybridized carbons (Fsp3) is 0.692. The first-order valence-electron chi connectivity index (χ1n) is 6.77. The Kier molecular flexibility index (Phi) is 9.51. The second-order valence-electron chi connectivity index (χ2n) is 4.25. The third-order valence-electron chi connectivity index (χ3n) is 2.58. The Balaban J connectivity index is 5.18. The molecule has 0 aliphatic heterocycles. The number of primary amides is 1. The van der Waals surface area contributed by atoms with Crippen LogP contribution in [-0.2, 0) is 33.4 Å². The number of hydrogen-bond acceptors (Lipinski definition) is 7. The Labute approximate surface area is 128 Å². The molecule has 0 fully saturated rings. The van der Waals surface area contributed by atoms with Crippen LogP contribution in [0.1, 0.15) is 20.3 Å². The van der Waals surface area contributed by atoms with Crippen LogP contribution in [0.25, 0.3) is 0 Å². The minimum atomic E-state index is -1.40. The number of methoxy groups -OCH3 is 1. The smallest absolute Gasteiger partial charge is 0.312 e. The summed E-state index contributed by atoms with van der Waals surface area (Å²) in [7, 11) is 1.29. The van der Waals surface area contributed by atoms with Crippen molar-refractivity contribution in [1.82, 2.24) is 5.32 Å². The number of nitrogens with two attached hydrogens (primary N) is 1. The molecule has 9 heteroatoms. The van der Waals surface area contributed by atoms with Gasteiger partial charge < -0.3 is 25.3 Å². The van der Waals surface area contributed by atoms with E-state index < -0.39 is 42.1 Å². The summed E-state index contributed by atoms with van der Waals surface area (Å²) in [5.41, 5.74) is 5.21. The van der Waals surface area contributed by atoms with Gasteiger partial charge in [-0.1, -0.05) is 0 Å². The van der Waals surface area contributed by atoms with E-state index in [1.54, 1.807) is 13.8 Å². The molecule has 0 saturated heterocycles. The zero-order chi connectivity index (χ0) is 17.1. The summed E-state index contributed by atoms with van der Waals surface area (Å²) in [5, 5.41) is 2.26. The van der Waals surface area contributed by atoms with Crippen LogP contribution in [0.4, 0.5) is 0 Å². The fourth-order valence-electron chi connectivity index (χ4n) is 1.70. The molecule has 0 spiro atoms. The van der Waals surface area contributed by atoms with Crippen molar-refractivity contribution in [2.24, 2.45) is 11.7 Å². The first-order chi connectivity index (χ1) is 10.4. The summed E-state index contributed by atoms with van der Waals surface area (Å²) in [6.45, 7) is 3.02. The Bertz CT molecular complexity index is 411. The molecule has 0 heterocycles. The van der Waals surface area contributed by atoms with E-state index in [-0.39, 0.29) is 19.8 Å². The van der Waals surface area contributed by atoms with E-state index in [2.05, 4.69) is 10.1 Å². The lowest BCUT2D eigenvalue weighted by molar-refractivity contribution is -0.157. The zero-order valence-electron chi connectivity index (χ0n) is 12.9. The van der Waals surface area contributed by atoms with E-state index in [4.69, 9.17) is 15.2 Å². The average molecular weight is 318 g/mol. The maximum atomic E-state index is 11.9. The van der Waals surface area contributed by atoms with Gasteiger partial charge in [0.25, 0.3) is 0 Å². The van der Waals surface area contributed by atoms with E-state index in [1.807, 2.05) is 0 Å². The molecule has 2 amide bonds. The van der Waals surface area contributed by atoms with E-state index in [1.165, 1.54) is 7.11 Å². The number of carbonyl (C=O) groups is 4. The van der Waals surface area contributed by atoms with Gasteiger partial charge in [-0.05, 0) is 13.8 Å². The Morgan fingerprint density at radius 2 is 1.68 bits per heavy atom. The van der Waals surface area contributed by atoms with E-state index in [0.29, 0.717) is 0 Å². The van der Waals surface area contributed by atoms with Crippen molar-refractivity contribution in [2.75, 3.05) is 26.9 Å². The lowest BCUT2D eigenvalue weighted by Gasteiger charge is -2.23. The normalized spacial score (nSPS) is 12.9. The monoisotopic (exact) mass is 318 g/mol. The van der Waals surface area contributed by atoms with Crippen LogP contribution in [-0.4, -0.2) is 56.7 Å². The quantitative estimate of drug-likeness (QED) is 0.480. The summed E-state index contributed by atoms with van der Waals surface area (Å²) in [4.78, 5) is 46.6. The molecule has 0 rings (SSSR count). The number of amides is 2. The van der Waals surface area contributed by atoms with Gasteiger partial charge in [0.2, 0.25) is 11.8 Å². The molecular weight excluding hydrogens is 296 g/mol. The Morgan fingerprint density at radius 1 is 1.09 bits per heavy atom. The van der Waals surface area contributed by atoms with E-state index in [9.17, 15) is 19.2 Å². The summed E-state index contributed by atoms with van der Waals surface area (Å²) in [6.07, 6.45) is -0.437. The highest BCUT2D eigenvalue weighted by molar-refractivity contribution is 5.93. The van der Waals surface area contributed by atoms with Crippen LogP contribution >= 0.6 is 0 Å². The van der Waals surface area contributed by atoms with Crippen LogP contribution in [0, 0.1) is 5.92 Å². The summed E-state index contributed by atoms with van der Waals surface area (Å²) < 4.78 is 14.2. The highest BCUT2D eigenvalue weighted by Crippen LogP contribution is 2.13. The minimum Gasteiger partial charge on any atom is -0.466 e. The molecule has 0 saturated carbocycles. The molecular formula is C13H22N2O7. The molecule has 0 aromatic carbocycles. The van der Waals surface area contributed by atoms with Gasteiger partial charge in [-0.2, -0.15) is 0 Å². The summed E-state index contributed by atoms with van der Waals surface area (Å²) >= 11 is 0. The molecule has 0 aliphatic rings. The van der Waals surface area contributed by atoms with Gasteiger partial charge in [-0.25, -0.2) is 0 Å². The van der Waals surface area contributed by atoms with Gasteiger partial charge in [0.05, 0.1) is 25.6 Å². The van der Waals surface area contributed by atoms with Crippen molar-refractivity contribution in [3.05, 3.63) is 0 Å². The number of rotatable bonds is 10. The van der Waals surface area contributed by atoms with Gasteiger partial charge in [0, 0.05) is 7.11 Å². The lowest BCUT2D eigenvalue weighted by atomic mass is 9.95. The van der Waals surface area contributed by atoms with Crippen LogP contribution in [0.3, 0.4) is 0 Å². The third-order valence-corrected chi connectivity index (χ3v) is 2.58. The zero-order valence-corrected chi connectivity index (χ0v) is 12.9. The first kappa shape index (κ1) is 19.8. The molecule has 0 aromatic heterocycles. The molecule has 3 N–H and O–H groups in total. The second-order valence-corrected chi connectivity index (χ2v) is 4.25. The molecule has 0 radical (unpaired) electrons. The van der Waals surface area contributed by atoms with Gasteiger partial charge >= 0.3 is 11.9 Å². The second kappa shape index (κ2) is 10.6.